The van der Waals surface area contributed by atoms with Crippen LogP contribution in [0, 0.1) is 5.92 Å². The van der Waals surface area contributed by atoms with Crippen LogP contribution in [-0.2, 0) is 16.0 Å². The van der Waals surface area contributed by atoms with Gasteiger partial charge < -0.3 is 19.7 Å². The largest absolute Gasteiger partial charge is 0.493 e. The highest BCUT2D eigenvalue weighted by Gasteiger charge is 2.38. The van der Waals surface area contributed by atoms with Crippen molar-refractivity contribution < 1.29 is 19.1 Å². The molecule has 2 fully saturated rings. The van der Waals surface area contributed by atoms with Crippen molar-refractivity contribution in [1.29, 1.82) is 0 Å². The SMILES string of the molecule is COc1cccc(CCNC(=O)[C@H]2CCC(=O)N(C3CC3)C2)c1OC. The summed E-state index contributed by atoms with van der Waals surface area (Å²) in [6.07, 6.45) is 3.96. The number of amides is 2. The number of likely N-dealkylation sites (tertiary alicyclic amines) is 1. The highest BCUT2D eigenvalue weighted by molar-refractivity contribution is 5.84. The molecular weight excluding hydrogens is 320 g/mol. The Kier molecular flexibility index (Phi) is 5.46. The first-order valence-corrected chi connectivity index (χ1v) is 8.91. The zero-order valence-corrected chi connectivity index (χ0v) is 14.9. The first-order valence-electron chi connectivity index (χ1n) is 8.91. The van der Waals surface area contributed by atoms with E-state index in [-0.39, 0.29) is 17.7 Å². The molecule has 1 atom stereocenters. The number of nitrogens with one attached hydrogen (secondary N) is 1. The summed E-state index contributed by atoms with van der Waals surface area (Å²) >= 11 is 0. The van der Waals surface area contributed by atoms with Gasteiger partial charge in [-0.2, -0.15) is 0 Å². The molecule has 2 amide bonds. The summed E-state index contributed by atoms with van der Waals surface area (Å²) in [4.78, 5) is 26.3. The van der Waals surface area contributed by atoms with Gasteiger partial charge in [-0.1, -0.05) is 12.1 Å². The third-order valence-corrected chi connectivity index (χ3v) is 4.98. The second-order valence-electron chi connectivity index (χ2n) is 6.71. The van der Waals surface area contributed by atoms with E-state index in [0.717, 1.165) is 18.4 Å². The lowest BCUT2D eigenvalue weighted by molar-refractivity contribution is -0.138. The number of hydrogen-bond donors (Lipinski definition) is 1. The van der Waals surface area contributed by atoms with Gasteiger partial charge >= 0.3 is 0 Å². The second kappa shape index (κ2) is 7.76. The number of hydrogen-bond acceptors (Lipinski definition) is 4. The Morgan fingerprint density at radius 3 is 2.72 bits per heavy atom. The van der Waals surface area contributed by atoms with E-state index in [1.54, 1.807) is 14.2 Å². The van der Waals surface area contributed by atoms with E-state index in [1.807, 2.05) is 23.1 Å². The van der Waals surface area contributed by atoms with Gasteiger partial charge in [0.1, 0.15) is 0 Å². The van der Waals surface area contributed by atoms with Crippen molar-refractivity contribution in [2.24, 2.45) is 5.92 Å². The van der Waals surface area contributed by atoms with E-state index < -0.39 is 0 Å². The standard InChI is InChI=1S/C19H26N2O4/c1-24-16-5-3-4-13(18(16)25-2)10-11-20-19(23)14-6-9-17(22)21(12-14)15-7-8-15/h3-5,14-15H,6-12H2,1-2H3,(H,20,23)/t14-/m0/s1. The smallest absolute Gasteiger partial charge is 0.224 e. The molecule has 0 spiro atoms. The summed E-state index contributed by atoms with van der Waals surface area (Å²) in [5.41, 5.74) is 1.00. The van der Waals surface area contributed by atoms with Gasteiger partial charge in [0.15, 0.2) is 11.5 Å². The van der Waals surface area contributed by atoms with Gasteiger partial charge in [0, 0.05) is 25.6 Å². The van der Waals surface area contributed by atoms with E-state index in [9.17, 15) is 9.59 Å². The molecule has 1 saturated heterocycles. The van der Waals surface area contributed by atoms with Crippen LogP contribution in [0.25, 0.3) is 0 Å². The van der Waals surface area contributed by atoms with Crippen molar-refractivity contribution in [1.82, 2.24) is 10.2 Å². The fourth-order valence-electron chi connectivity index (χ4n) is 3.44. The molecule has 0 aromatic heterocycles. The third-order valence-electron chi connectivity index (χ3n) is 4.98. The van der Waals surface area contributed by atoms with E-state index >= 15 is 0 Å². The molecule has 1 aliphatic carbocycles. The van der Waals surface area contributed by atoms with E-state index in [0.29, 0.717) is 49.9 Å². The van der Waals surface area contributed by atoms with Crippen LogP contribution in [0.4, 0.5) is 0 Å². The number of piperidine rings is 1. The Morgan fingerprint density at radius 2 is 2.04 bits per heavy atom. The van der Waals surface area contributed by atoms with Crippen LogP contribution in [0.5, 0.6) is 11.5 Å². The van der Waals surface area contributed by atoms with Gasteiger partial charge in [-0.05, 0) is 37.3 Å². The van der Waals surface area contributed by atoms with E-state index in [2.05, 4.69) is 5.32 Å². The maximum Gasteiger partial charge on any atom is 0.224 e. The number of para-hydroxylation sites is 1. The lowest BCUT2D eigenvalue weighted by atomic mass is 9.96. The topological polar surface area (TPSA) is 67.9 Å². The summed E-state index contributed by atoms with van der Waals surface area (Å²) in [6, 6.07) is 6.12. The van der Waals surface area contributed by atoms with Crippen molar-refractivity contribution in [3.8, 4) is 11.5 Å². The van der Waals surface area contributed by atoms with Gasteiger partial charge in [-0.15, -0.1) is 0 Å². The highest BCUT2D eigenvalue weighted by atomic mass is 16.5. The molecule has 0 unspecified atom stereocenters. The van der Waals surface area contributed by atoms with E-state index in [4.69, 9.17) is 9.47 Å². The number of carbonyl (C=O) groups is 2. The fraction of sp³-hybridized carbons (Fsp3) is 0.579. The summed E-state index contributed by atoms with van der Waals surface area (Å²) in [7, 11) is 3.23. The normalized spacial score (nSPS) is 20.3. The molecule has 1 N–H and O–H groups in total. The Balaban J connectivity index is 1.52. The lowest BCUT2D eigenvalue weighted by Gasteiger charge is -2.32. The quantitative estimate of drug-likeness (QED) is 0.817. The molecule has 3 rings (SSSR count). The summed E-state index contributed by atoms with van der Waals surface area (Å²) in [5, 5.41) is 3.01. The zero-order valence-electron chi connectivity index (χ0n) is 14.9. The summed E-state index contributed by atoms with van der Waals surface area (Å²) in [6.45, 7) is 1.11. The Hall–Kier alpha value is -2.24. The Labute approximate surface area is 148 Å². The van der Waals surface area contributed by atoms with Crippen molar-refractivity contribution >= 4 is 11.8 Å². The van der Waals surface area contributed by atoms with Crippen molar-refractivity contribution in [2.45, 2.75) is 38.1 Å². The molecule has 1 aromatic rings. The molecule has 1 aromatic carbocycles. The van der Waals surface area contributed by atoms with Crippen LogP contribution in [-0.4, -0.2) is 50.1 Å². The average molecular weight is 346 g/mol. The minimum Gasteiger partial charge on any atom is -0.493 e. The maximum atomic E-state index is 12.5. The second-order valence-corrected chi connectivity index (χ2v) is 6.71. The molecule has 6 nitrogen and oxygen atoms in total. The molecule has 1 heterocycles. The first kappa shape index (κ1) is 17.6. The summed E-state index contributed by atoms with van der Waals surface area (Å²) < 4.78 is 10.7. The average Bonchev–Trinajstić information content (AvgIpc) is 3.46. The summed E-state index contributed by atoms with van der Waals surface area (Å²) in [5.74, 6) is 1.55. The number of carbonyl (C=O) groups excluding carboxylic acids is 2. The molecule has 0 radical (unpaired) electrons. The van der Waals surface area contributed by atoms with Gasteiger partial charge in [0.25, 0.3) is 0 Å². The van der Waals surface area contributed by atoms with Gasteiger partial charge in [0.05, 0.1) is 20.1 Å². The highest BCUT2D eigenvalue weighted by Crippen LogP contribution is 2.32. The minimum atomic E-state index is -0.0921. The van der Waals surface area contributed by atoms with Crippen LogP contribution < -0.4 is 14.8 Å². The molecule has 0 bridgehead atoms. The zero-order chi connectivity index (χ0) is 17.8. The van der Waals surface area contributed by atoms with Gasteiger partial charge in [0.2, 0.25) is 11.8 Å². The maximum absolute atomic E-state index is 12.5. The van der Waals surface area contributed by atoms with Gasteiger partial charge in [-0.25, -0.2) is 0 Å². The predicted molar refractivity (Wildman–Crippen MR) is 93.7 cm³/mol. The number of benzene rings is 1. The number of ether oxygens (including phenoxy) is 2. The first-order chi connectivity index (χ1) is 12.1. The molecule has 1 saturated carbocycles. The Morgan fingerprint density at radius 1 is 1.24 bits per heavy atom. The molecule has 1 aliphatic heterocycles. The molecule has 25 heavy (non-hydrogen) atoms. The lowest BCUT2D eigenvalue weighted by Crippen LogP contribution is -2.46. The van der Waals surface area contributed by atoms with Crippen LogP contribution in [0.15, 0.2) is 18.2 Å². The number of rotatable bonds is 7. The number of nitrogens with zero attached hydrogens (tertiary/aromatic N) is 1. The molecule has 6 heteroatoms. The van der Waals surface area contributed by atoms with Crippen molar-refractivity contribution in [3.63, 3.8) is 0 Å². The van der Waals surface area contributed by atoms with Crippen molar-refractivity contribution in [2.75, 3.05) is 27.3 Å². The number of methoxy groups -OCH3 is 2. The molecule has 2 aliphatic rings. The molecule has 136 valence electrons. The van der Waals surface area contributed by atoms with Crippen LogP contribution in [0.2, 0.25) is 0 Å². The van der Waals surface area contributed by atoms with Crippen molar-refractivity contribution in [3.05, 3.63) is 23.8 Å². The van der Waals surface area contributed by atoms with Gasteiger partial charge in [-0.3, -0.25) is 9.59 Å². The van der Waals surface area contributed by atoms with E-state index in [1.165, 1.54) is 0 Å². The predicted octanol–water partition coefficient (Wildman–Crippen LogP) is 1.76. The van der Waals surface area contributed by atoms with Crippen LogP contribution in [0.1, 0.15) is 31.2 Å². The fourth-order valence-corrected chi connectivity index (χ4v) is 3.44. The van der Waals surface area contributed by atoms with Crippen LogP contribution >= 0.6 is 0 Å². The monoisotopic (exact) mass is 346 g/mol. The minimum absolute atomic E-state index is 0.0417. The third kappa shape index (κ3) is 4.06. The van der Waals surface area contributed by atoms with Crippen LogP contribution in [0.3, 0.4) is 0 Å². The Bertz CT molecular complexity index is 642. The molecular formula is C19H26N2O4.